The maximum absolute atomic E-state index is 10.9. The molecule has 0 aliphatic carbocycles. The van der Waals surface area contributed by atoms with Crippen molar-refractivity contribution < 1.29 is 19.2 Å². The number of aliphatic hydroxyl groups excluding tert-OH is 1. The van der Waals surface area contributed by atoms with Crippen molar-refractivity contribution in [1.29, 1.82) is 0 Å². The summed E-state index contributed by atoms with van der Waals surface area (Å²) >= 11 is 0. The second-order valence-corrected chi connectivity index (χ2v) is 2.88. The van der Waals surface area contributed by atoms with Crippen molar-refractivity contribution in [2.45, 2.75) is 25.9 Å². The molecule has 2 atom stereocenters. The van der Waals surface area contributed by atoms with Crippen molar-refractivity contribution in [3.05, 3.63) is 0 Å². The summed E-state index contributed by atoms with van der Waals surface area (Å²) in [5, 5.41) is 11.3. The molecule has 0 bridgehead atoms. The topological polar surface area (TPSA) is 75.6 Å². The van der Waals surface area contributed by atoms with E-state index < -0.39 is 12.1 Å². The average Bonchev–Trinajstić information content (AvgIpc) is 2.02. The molecule has 1 amide bonds. The van der Waals surface area contributed by atoms with Crippen molar-refractivity contribution in [2.75, 3.05) is 6.54 Å². The van der Waals surface area contributed by atoms with Crippen molar-refractivity contribution in [3.8, 4) is 0 Å². The van der Waals surface area contributed by atoms with Gasteiger partial charge < -0.3 is 14.9 Å². The Kier molecular flexibility index (Phi) is 6.45. The van der Waals surface area contributed by atoms with Crippen LogP contribution in [0.2, 0.25) is 0 Å². The zero-order chi connectivity index (χ0) is 10.3. The Bertz CT molecular complexity index is 183. The molecule has 0 heterocycles. The summed E-state index contributed by atoms with van der Waals surface area (Å²) in [7, 11) is 1.84. The molecule has 76 valence electrons. The Balaban J connectivity index is 3.42. The molecule has 0 spiro atoms. The first-order chi connectivity index (χ1) is 6.06. The Labute approximate surface area is 79.1 Å². The van der Waals surface area contributed by atoms with E-state index in [0.29, 0.717) is 0 Å². The Morgan fingerprint density at radius 1 is 1.62 bits per heavy atom. The molecule has 13 heavy (non-hydrogen) atoms. The molecule has 0 aliphatic rings. The van der Waals surface area contributed by atoms with Crippen LogP contribution in [-0.4, -0.2) is 29.6 Å². The molecule has 0 aromatic heterocycles. The van der Waals surface area contributed by atoms with Crippen molar-refractivity contribution >= 4 is 21.3 Å². The second-order valence-electron chi connectivity index (χ2n) is 2.64. The molecule has 0 aromatic carbocycles. The molecule has 0 fully saturated rings. The Morgan fingerprint density at radius 3 is 2.69 bits per heavy atom. The highest BCUT2D eigenvalue weighted by molar-refractivity contribution is 7.10. The van der Waals surface area contributed by atoms with Crippen LogP contribution in [0.4, 0.5) is 0 Å². The number of aliphatic hydroxyl groups is 1. The van der Waals surface area contributed by atoms with Gasteiger partial charge in [0.1, 0.15) is 0 Å². The molecular formula is C7H14NO4P. The van der Waals surface area contributed by atoms with Gasteiger partial charge in [-0.25, -0.2) is 0 Å². The van der Waals surface area contributed by atoms with Crippen LogP contribution in [0.3, 0.4) is 0 Å². The lowest BCUT2D eigenvalue weighted by atomic mass is 10.3. The first-order valence-electron chi connectivity index (χ1n) is 3.90. The first-order valence-corrected chi connectivity index (χ1v) is 4.37. The quantitative estimate of drug-likeness (QED) is 0.601. The molecule has 6 heteroatoms. The van der Waals surface area contributed by atoms with Crippen LogP contribution in [0.15, 0.2) is 0 Å². The van der Waals surface area contributed by atoms with Crippen LogP contribution in [0.5, 0.6) is 0 Å². The van der Waals surface area contributed by atoms with Gasteiger partial charge >= 0.3 is 5.97 Å². The number of carbonyl (C=O) groups is 2. The van der Waals surface area contributed by atoms with E-state index in [1.807, 2.05) is 9.47 Å². The van der Waals surface area contributed by atoms with Crippen molar-refractivity contribution in [3.63, 3.8) is 0 Å². The third kappa shape index (κ3) is 7.68. The van der Waals surface area contributed by atoms with Gasteiger partial charge in [-0.2, -0.15) is 0 Å². The number of carbonyl (C=O) groups excluding carboxylic acids is 2. The molecule has 0 saturated heterocycles. The van der Waals surface area contributed by atoms with E-state index in [4.69, 9.17) is 5.11 Å². The number of hydrogen-bond acceptors (Lipinski definition) is 4. The Morgan fingerprint density at radius 2 is 2.23 bits per heavy atom. The zero-order valence-corrected chi connectivity index (χ0v) is 8.60. The molecule has 0 radical (unpaired) electrons. The van der Waals surface area contributed by atoms with Gasteiger partial charge in [-0.15, -0.1) is 0 Å². The summed E-state index contributed by atoms with van der Waals surface area (Å²) in [4.78, 5) is 21.5. The van der Waals surface area contributed by atoms with Crippen LogP contribution in [-0.2, 0) is 14.1 Å². The number of rotatable bonds is 5. The van der Waals surface area contributed by atoms with Crippen LogP contribution in [0.25, 0.3) is 0 Å². The first kappa shape index (κ1) is 12.3. The van der Waals surface area contributed by atoms with Gasteiger partial charge in [0.25, 0.3) is 0 Å². The lowest BCUT2D eigenvalue weighted by Gasteiger charge is -2.05. The fourth-order valence-electron chi connectivity index (χ4n) is 0.703. The fourth-order valence-corrected chi connectivity index (χ4v) is 0.821. The highest BCUT2D eigenvalue weighted by Gasteiger charge is 2.06. The number of amides is 1. The van der Waals surface area contributed by atoms with Gasteiger partial charge in [-0.1, -0.05) is 0 Å². The monoisotopic (exact) mass is 207 g/mol. The van der Waals surface area contributed by atoms with Gasteiger partial charge in [0, 0.05) is 6.54 Å². The second kappa shape index (κ2) is 6.80. The molecular weight excluding hydrogens is 193 g/mol. The van der Waals surface area contributed by atoms with Gasteiger partial charge in [0.15, 0.2) is 0 Å². The lowest BCUT2D eigenvalue weighted by molar-refractivity contribution is -0.133. The minimum absolute atomic E-state index is 0.0515. The number of nitrogens with one attached hydrogen (secondary N) is 1. The summed E-state index contributed by atoms with van der Waals surface area (Å²) < 4.78 is 4.29. The van der Waals surface area contributed by atoms with Crippen molar-refractivity contribution in [1.82, 2.24) is 5.32 Å². The van der Waals surface area contributed by atoms with E-state index in [1.54, 1.807) is 0 Å². The van der Waals surface area contributed by atoms with E-state index >= 15 is 0 Å². The fraction of sp³-hybridized carbons (Fsp3) is 0.714. The molecule has 5 nitrogen and oxygen atoms in total. The predicted octanol–water partition coefficient (Wildman–Crippen LogP) is -0.403. The third-order valence-corrected chi connectivity index (χ3v) is 1.53. The van der Waals surface area contributed by atoms with Crippen LogP contribution in [0, 0.1) is 0 Å². The third-order valence-electron chi connectivity index (χ3n) is 1.26. The summed E-state index contributed by atoms with van der Waals surface area (Å²) in [5.41, 5.74) is 0. The van der Waals surface area contributed by atoms with Gasteiger partial charge in [-0.05, 0) is 6.92 Å². The van der Waals surface area contributed by atoms with Crippen LogP contribution >= 0.6 is 9.47 Å². The SMILES string of the molecule is C[C@@H](O)CC(=O)NCCC(=O)OP. The standard InChI is InChI=1S/C7H14NO4P/c1-5(9)4-6(10)8-3-2-7(11)12-13/h5,9H,2-4,13H2,1H3,(H,8,10)/t5-/m1/s1. The Hall–Kier alpha value is -0.670. The average molecular weight is 207 g/mol. The molecule has 1 unspecified atom stereocenters. The molecule has 0 saturated carbocycles. The van der Waals surface area contributed by atoms with E-state index in [0.717, 1.165) is 0 Å². The van der Waals surface area contributed by atoms with Gasteiger partial charge in [0.05, 0.1) is 28.4 Å². The van der Waals surface area contributed by atoms with Crippen molar-refractivity contribution in [2.24, 2.45) is 0 Å². The largest absolute Gasteiger partial charge is 0.451 e. The van der Waals surface area contributed by atoms with E-state index in [9.17, 15) is 9.59 Å². The van der Waals surface area contributed by atoms with Gasteiger partial charge in [0.2, 0.25) is 5.91 Å². The summed E-state index contributed by atoms with van der Waals surface area (Å²) in [6, 6.07) is 0. The van der Waals surface area contributed by atoms with Crippen LogP contribution in [0.1, 0.15) is 19.8 Å². The molecule has 0 rings (SSSR count). The normalized spacial score (nSPS) is 11.9. The maximum Gasteiger partial charge on any atom is 0.309 e. The molecule has 2 N–H and O–H groups in total. The molecule has 0 aromatic rings. The summed E-state index contributed by atoms with van der Waals surface area (Å²) in [5.74, 6) is -0.672. The summed E-state index contributed by atoms with van der Waals surface area (Å²) in [6.45, 7) is 1.76. The predicted molar refractivity (Wildman–Crippen MR) is 49.7 cm³/mol. The lowest BCUT2D eigenvalue weighted by Crippen LogP contribution is -2.28. The van der Waals surface area contributed by atoms with Crippen LogP contribution < -0.4 is 5.32 Å². The minimum atomic E-state index is -0.659. The maximum atomic E-state index is 10.9. The summed E-state index contributed by atoms with van der Waals surface area (Å²) in [6.07, 6.45) is -0.473. The smallest absolute Gasteiger partial charge is 0.309 e. The number of hydrogen-bond donors (Lipinski definition) is 2. The highest BCUT2D eigenvalue weighted by atomic mass is 31.0. The highest BCUT2D eigenvalue weighted by Crippen LogP contribution is 1.92. The van der Waals surface area contributed by atoms with Gasteiger partial charge in [-0.3, -0.25) is 9.59 Å². The minimum Gasteiger partial charge on any atom is -0.451 e. The zero-order valence-electron chi connectivity index (χ0n) is 7.45. The van der Waals surface area contributed by atoms with E-state index in [2.05, 4.69) is 9.84 Å². The van der Waals surface area contributed by atoms with E-state index in [1.165, 1.54) is 6.92 Å². The molecule has 0 aliphatic heterocycles. The van der Waals surface area contributed by atoms with E-state index in [-0.39, 0.29) is 25.3 Å².